The molecule has 0 aromatic heterocycles. The number of benzene rings is 1. The molecule has 0 amide bonds. The third-order valence-electron chi connectivity index (χ3n) is 7.37. The molecule has 0 heterocycles. The Labute approximate surface area is 197 Å². The van der Waals surface area contributed by atoms with Crippen LogP contribution in [-0.2, 0) is 16.0 Å². The first-order chi connectivity index (χ1) is 15.9. The van der Waals surface area contributed by atoms with E-state index in [0.29, 0.717) is 12.2 Å². The smallest absolute Gasteiger partial charge is 0.209 e. The molecule has 4 rings (SSSR count). The number of rotatable bonds is 4. The van der Waals surface area contributed by atoms with Crippen molar-refractivity contribution in [3.05, 3.63) is 45.9 Å². The highest BCUT2D eigenvalue weighted by atomic mass is 16.5. The predicted octanol–water partition coefficient (Wildman–Crippen LogP) is 1.59. The number of ketones is 3. The summed E-state index contributed by atoms with van der Waals surface area (Å²) in [6.45, 7) is 1.12. The van der Waals surface area contributed by atoms with Gasteiger partial charge in [-0.15, -0.1) is 0 Å². The Hall–Kier alpha value is -3.17. The van der Waals surface area contributed by atoms with E-state index < -0.39 is 57.9 Å². The first-order valence-corrected chi connectivity index (χ1v) is 11.1. The SMILES string of the molecule is COc1ccc(N(C)C)c2c1C(=O)C1=C(O)[C@]3(O)C(=O)C(C(C)=O)=C(O)[C@@H](N(C)C)[C@@H]3CC1C2. The van der Waals surface area contributed by atoms with Gasteiger partial charge in [-0.05, 0) is 57.5 Å². The summed E-state index contributed by atoms with van der Waals surface area (Å²) < 4.78 is 5.43. The number of anilines is 1. The number of carbonyl (C=O) groups excluding carboxylic acids is 3. The van der Waals surface area contributed by atoms with E-state index in [4.69, 9.17) is 4.74 Å². The average Bonchev–Trinajstić information content (AvgIpc) is 2.74. The fourth-order valence-corrected chi connectivity index (χ4v) is 5.91. The molecular formula is C25H30N2O7. The topological polar surface area (TPSA) is 128 Å². The van der Waals surface area contributed by atoms with E-state index in [1.54, 1.807) is 25.1 Å². The Morgan fingerprint density at radius 2 is 1.79 bits per heavy atom. The van der Waals surface area contributed by atoms with Crippen LogP contribution in [0, 0.1) is 11.8 Å². The van der Waals surface area contributed by atoms with Gasteiger partial charge in [-0.3, -0.25) is 19.3 Å². The summed E-state index contributed by atoms with van der Waals surface area (Å²) >= 11 is 0. The van der Waals surface area contributed by atoms with Crippen LogP contribution >= 0.6 is 0 Å². The maximum absolute atomic E-state index is 13.8. The van der Waals surface area contributed by atoms with Crippen molar-refractivity contribution in [1.29, 1.82) is 0 Å². The number of aliphatic hydroxyl groups is 3. The minimum absolute atomic E-state index is 0.0457. The van der Waals surface area contributed by atoms with Crippen molar-refractivity contribution in [3.63, 3.8) is 0 Å². The average molecular weight is 471 g/mol. The number of hydrogen-bond donors (Lipinski definition) is 3. The molecule has 0 bridgehead atoms. The fourth-order valence-electron chi connectivity index (χ4n) is 5.91. The first-order valence-electron chi connectivity index (χ1n) is 11.1. The van der Waals surface area contributed by atoms with E-state index >= 15 is 0 Å². The monoisotopic (exact) mass is 470 g/mol. The molecule has 9 nitrogen and oxygen atoms in total. The van der Waals surface area contributed by atoms with Crippen molar-refractivity contribution in [3.8, 4) is 5.75 Å². The minimum atomic E-state index is -2.51. The van der Waals surface area contributed by atoms with Crippen molar-refractivity contribution >= 4 is 23.0 Å². The van der Waals surface area contributed by atoms with E-state index in [1.807, 2.05) is 25.1 Å². The minimum Gasteiger partial charge on any atom is -0.510 e. The van der Waals surface area contributed by atoms with Gasteiger partial charge in [0.05, 0.1) is 18.7 Å². The van der Waals surface area contributed by atoms with Crippen molar-refractivity contribution < 1.29 is 34.4 Å². The largest absolute Gasteiger partial charge is 0.510 e. The number of nitrogens with zero attached hydrogens (tertiary/aromatic N) is 2. The number of ether oxygens (including phenoxy) is 1. The molecule has 1 unspecified atom stereocenters. The molecule has 0 saturated carbocycles. The number of aliphatic hydroxyl groups excluding tert-OH is 2. The predicted molar refractivity (Wildman–Crippen MR) is 124 cm³/mol. The van der Waals surface area contributed by atoms with Crippen LogP contribution in [0.25, 0.3) is 0 Å². The molecule has 3 N–H and O–H groups in total. The maximum Gasteiger partial charge on any atom is 0.209 e. The van der Waals surface area contributed by atoms with E-state index in [0.717, 1.165) is 18.2 Å². The van der Waals surface area contributed by atoms with Crippen molar-refractivity contribution in [2.24, 2.45) is 11.8 Å². The van der Waals surface area contributed by atoms with Crippen LogP contribution in [0.3, 0.4) is 0 Å². The summed E-state index contributed by atoms with van der Waals surface area (Å²) in [6.07, 6.45) is 0.519. The molecule has 1 aromatic carbocycles. The van der Waals surface area contributed by atoms with Gasteiger partial charge in [0.1, 0.15) is 22.8 Å². The van der Waals surface area contributed by atoms with Crippen molar-refractivity contribution in [2.45, 2.75) is 31.4 Å². The quantitative estimate of drug-likeness (QED) is 0.562. The van der Waals surface area contributed by atoms with Gasteiger partial charge in [-0.1, -0.05) is 0 Å². The molecule has 1 aromatic rings. The summed E-state index contributed by atoms with van der Waals surface area (Å²) in [5.74, 6) is -4.63. The van der Waals surface area contributed by atoms with Gasteiger partial charge in [-0.2, -0.15) is 0 Å². The molecule has 0 fully saturated rings. The van der Waals surface area contributed by atoms with Crippen LogP contribution < -0.4 is 9.64 Å². The van der Waals surface area contributed by atoms with Crippen LogP contribution in [0.15, 0.2) is 34.8 Å². The van der Waals surface area contributed by atoms with Crippen molar-refractivity contribution in [2.75, 3.05) is 40.2 Å². The molecule has 0 saturated heterocycles. The lowest BCUT2D eigenvalue weighted by Gasteiger charge is -2.50. The second kappa shape index (κ2) is 7.95. The molecule has 3 aliphatic rings. The lowest BCUT2D eigenvalue weighted by molar-refractivity contribution is -0.148. The Morgan fingerprint density at radius 1 is 1.15 bits per heavy atom. The number of hydrogen-bond acceptors (Lipinski definition) is 9. The zero-order valence-corrected chi connectivity index (χ0v) is 20.2. The van der Waals surface area contributed by atoms with Gasteiger partial charge >= 0.3 is 0 Å². The molecule has 182 valence electrons. The summed E-state index contributed by atoms with van der Waals surface area (Å²) in [5, 5.41) is 33.9. The Kier molecular flexibility index (Phi) is 5.61. The molecule has 0 spiro atoms. The molecule has 4 atom stereocenters. The maximum atomic E-state index is 13.8. The first kappa shape index (κ1) is 24.0. The Balaban J connectivity index is 1.98. The number of fused-ring (bicyclic) bond motifs is 3. The highest BCUT2D eigenvalue weighted by Crippen LogP contribution is 2.53. The van der Waals surface area contributed by atoms with E-state index in [2.05, 4.69) is 0 Å². The van der Waals surface area contributed by atoms with Gasteiger partial charge in [0.25, 0.3) is 0 Å². The van der Waals surface area contributed by atoms with Crippen LogP contribution in [0.5, 0.6) is 5.75 Å². The van der Waals surface area contributed by atoms with Gasteiger partial charge in [-0.25, -0.2) is 0 Å². The van der Waals surface area contributed by atoms with Crippen LogP contribution in [0.4, 0.5) is 5.69 Å². The molecule has 3 aliphatic carbocycles. The standard InChI is InChI=1S/C25H30N2O7/c1-11(28)17-22(30)20(27(4)5)14-10-12-9-13-15(26(2)3)7-8-16(34-6)19(13)21(29)18(12)24(32)25(14,33)23(17)31/h7-8,12,14,20,30,32-33H,9-10H2,1-6H3/t12?,14-,20-,25+/m0/s1. The highest BCUT2D eigenvalue weighted by Gasteiger charge is 2.63. The van der Waals surface area contributed by atoms with Crippen LogP contribution in [0.1, 0.15) is 29.3 Å². The molecule has 9 heteroatoms. The van der Waals surface area contributed by atoms with E-state index in [9.17, 15) is 29.7 Å². The van der Waals surface area contributed by atoms with E-state index in [1.165, 1.54) is 7.11 Å². The highest BCUT2D eigenvalue weighted by molar-refractivity contribution is 6.25. The van der Waals surface area contributed by atoms with Gasteiger partial charge in [0.15, 0.2) is 17.2 Å². The van der Waals surface area contributed by atoms with Gasteiger partial charge in [0.2, 0.25) is 5.78 Å². The van der Waals surface area contributed by atoms with Crippen molar-refractivity contribution in [1.82, 2.24) is 4.90 Å². The van der Waals surface area contributed by atoms with Gasteiger partial charge < -0.3 is 25.0 Å². The lowest BCUT2D eigenvalue weighted by atomic mass is 9.58. The molecule has 34 heavy (non-hydrogen) atoms. The summed E-state index contributed by atoms with van der Waals surface area (Å²) in [6, 6.07) is 2.63. The molecule has 0 radical (unpaired) electrons. The Bertz CT molecular complexity index is 1180. The lowest BCUT2D eigenvalue weighted by Crippen LogP contribution is -2.63. The van der Waals surface area contributed by atoms with Gasteiger partial charge in [0, 0.05) is 31.3 Å². The summed E-state index contributed by atoms with van der Waals surface area (Å²) in [4.78, 5) is 42.9. The number of allylic oxidation sites excluding steroid dienone is 1. The van der Waals surface area contributed by atoms with Crippen LogP contribution in [0.2, 0.25) is 0 Å². The molecular weight excluding hydrogens is 440 g/mol. The number of methoxy groups -OCH3 is 1. The summed E-state index contributed by atoms with van der Waals surface area (Å²) in [7, 11) is 8.48. The zero-order chi connectivity index (χ0) is 25.3. The number of carbonyl (C=O) groups is 3. The fraction of sp³-hybridized carbons (Fsp3) is 0.480. The van der Waals surface area contributed by atoms with E-state index in [-0.39, 0.29) is 17.6 Å². The Morgan fingerprint density at radius 3 is 2.32 bits per heavy atom. The van der Waals surface area contributed by atoms with Crippen LogP contribution in [-0.4, -0.2) is 84.5 Å². The second-order valence-corrected chi connectivity index (χ2v) is 9.69. The third kappa shape index (κ3) is 3.03. The zero-order valence-electron chi connectivity index (χ0n) is 20.2. The number of likely N-dealkylation sites (N-methyl/N-ethyl adjacent to an activating group) is 1. The number of Topliss-reactive ketones (excluding diaryl/α,β-unsaturated/α-hetero) is 3. The molecule has 0 aliphatic heterocycles. The summed E-state index contributed by atoms with van der Waals surface area (Å²) in [5.41, 5.74) is -1.24. The normalized spacial score (nSPS) is 28.5. The second-order valence-electron chi connectivity index (χ2n) is 9.69. The third-order valence-corrected chi connectivity index (χ3v) is 7.37.